The Hall–Kier alpha value is -2.14. The molecule has 3 rings (SSSR count). The zero-order chi connectivity index (χ0) is 15.5. The third-order valence-electron chi connectivity index (χ3n) is 4.17. The number of hydrogen-bond acceptors (Lipinski definition) is 3. The van der Waals surface area contributed by atoms with Gasteiger partial charge < -0.3 is 10.4 Å². The average Bonchev–Trinajstić information content (AvgIpc) is 2.92. The van der Waals surface area contributed by atoms with E-state index in [1.54, 1.807) is 10.7 Å². The number of rotatable bonds is 3. The van der Waals surface area contributed by atoms with Gasteiger partial charge >= 0.3 is 0 Å². The molecular formula is C17H21N3O2. The summed E-state index contributed by atoms with van der Waals surface area (Å²) in [6.45, 7) is 1.92. The maximum atomic E-state index is 12.4. The van der Waals surface area contributed by atoms with Gasteiger partial charge in [0.05, 0.1) is 17.8 Å². The molecule has 1 aromatic heterocycles. The summed E-state index contributed by atoms with van der Waals surface area (Å²) >= 11 is 0. The Morgan fingerprint density at radius 1 is 1.27 bits per heavy atom. The number of aliphatic hydroxyl groups is 1. The number of hydrogen-bond donors (Lipinski definition) is 2. The molecule has 1 fully saturated rings. The number of amides is 1. The highest BCUT2D eigenvalue weighted by atomic mass is 16.3. The van der Waals surface area contributed by atoms with E-state index in [1.165, 1.54) is 0 Å². The Bertz CT molecular complexity index is 651. The summed E-state index contributed by atoms with van der Waals surface area (Å²) in [7, 11) is 0. The fourth-order valence-corrected chi connectivity index (χ4v) is 2.94. The molecule has 22 heavy (non-hydrogen) atoms. The van der Waals surface area contributed by atoms with Crippen LogP contribution in [0.3, 0.4) is 0 Å². The lowest BCUT2D eigenvalue weighted by molar-refractivity contribution is 0.0713. The molecule has 1 heterocycles. The molecule has 2 N–H and O–H groups in total. The minimum atomic E-state index is -0.449. The Balaban J connectivity index is 1.76. The van der Waals surface area contributed by atoms with Gasteiger partial charge in [-0.15, -0.1) is 0 Å². The minimum Gasteiger partial charge on any atom is -0.391 e. The van der Waals surface area contributed by atoms with Gasteiger partial charge in [0.25, 0.3) is 5.91 Å². The Morgan fingerprint density at radius 2 is 2.00 bits per heavy atom. The standard InChI is InChI=1S/C17H21N3O2/c1-12-11-15(19-20(12)13-7-3-2-4-8-13)17(22)18-14-9-5-6-10-16(14)21/h2-4,7-8,11,14,16,21H,5-6,9-10H2,1H3,(H,18,22). The summed E-state index contributed by atoms with van der Waals surface area (Å²) < 4.78 is 1.76. The topological polar surface area (TPSA) is 67.2 Å². The minimum absolute atomic E-state index is 0.163. The molecule has 0 spiro atoms. The third kappa shape index (κ3) is 3.04. The average molecular weight is 299 g/mol. The molecular weight excluding hydrogens is 278 g/mol. The molecule has 5 heteroatoms. The van der Waals surface area contributed by atoms with E-state index in [4.69, 9.17) is 0 Å². The molecule has 1 saturated carbocycles. The van der Waals surface area contributed by atoms with Crippen molar-refractivity contribution >= 4 is 5.91 Å². The first-order valence-corrected chi connectivity index (χ1v) is 7.76. The molecule has 0 saturated heterocycles. The van der Waals surface area contributed by atoms with Crippen LogP contribution in [0.4, 0.5) is 0 Å². The van der Waals surface area contributed by atoms with Crippen molar-refractivity contribution in [3.05, 3.63) is 47.8 Å². The number of para-hydroxylation sites is 1. The molecule has 116 valence electrons. The SMILES string of the molecule is Cc1cc(C(=O)NC2CCCCC2O)nn1-c1ccccc1. The lowest BCUT2D eigenvalue weighted by atomic mass is 9.92. The molecule has 1 aliphatic rings. The highest BCUT2D eigenvalue weighted by Crippen LogP contribution is 2.19. The van der Waals surface area contributed by atoms with Crippen molar-refractivity contribution in [3.8, 4) is 5.69 Å². The number of aryl methyl sites for hydroxylation is 1. The lowest BCUT2D eigenvalue weighted by Crippen LogP contribution is -2.45. The monoisotopic (exact) mass is 299 g/mol. The van der Waals surface area contributed by atoms with E-state index in [9.17, 15) is 9.90 Å². The van der Waals surface area contributed by atoms with Crippen LogP contribution in [0.15, 0.2) is 36.4 Å². The van der Waals surface area contributed by atoms with Crippen molar-refractivity contribution in [1.82, 2.24) is 15.1 Å². The van der Waals surface area contributed by atoms with E-state index in [0.29, 0.717) is 5.69 Å². The van der Waals surface area contributed by atoms with Gasteiger partial charge in [0.2, 0.25) is 0 Å². The van der Waals surface area contributed by atoms with E-state index in [2.05, 4.69) is 10.4 Å². The van der Waals surface area contributed by atoms with Gasteiger partial charge in [-0.3, -0.25) is 4.79 Å². The lowest BCUT2D eigenvalue weighted by Gasteiger charge is -2.27. The predicted octanol–water partition coefficient (Wildman–Crippen LogP) is 2.21. The van der Waals surface area contributed by atoms with Gasteiger partial charge in [-0.05, 0) is 38.0 Å². The van der Waals surface area contributed by atoms with Crippen molar-refractivity contribution in [2.75, 3.05) is 0 Å². The highest BCUT2D eigenvalue weighted by Gasteiger charge is 2.25. The van der Waals surface area contributed by atoms with Crippen LogP contribution >= 0.6 is 0 Å². The number of benzene rings is 1. The van der Waals surface area contributed by atoms with Crippen LogP contribution in [0.25, 0.3) is 5.69 Å². The van der Waals surface area contributed by atoms with E-state index < -0.39 is 6.10 Å². The molecule has 0 aliphatic heterocycles. The van der Waals surface area contributed by atoms with E-state index >= 15 is 0 Å². The molecule has 2 aromatic rings. The second kappa shape index (κ2) is 6.32. The van der Waals surface area contributed by atoms with Crippen LogP contribution < -0.4 is 5.32 Å². The molecule has 0 radical (unpaired) electrons. The summed E-state index contributed by atoms with van der Waals surface area (Å²) in [5.41, 5.74) is 2.22. The first-order chi connectivity index (χ1) is 10.6. The van der Waals surface area contributed by atoms with Gasteiger partial charge in [-0.1, -0.05) is 31.0 Å². The van der Waals surface area contributed by atoms with E-state index in [0.717, 1.165) is 37.1 Å². The van der Waals surface area contributed by atoms with Crippen molar-refractivity contribution in [2.45, 2.75) is 44.8 Å². The zero-order valence-corrected chi connectivity index (χ0v) is 12.7. The number of nitrogens with one attached hydrogen (secondary N) is 1. The number of carbonyl (C=O) groups is 1. The number of aromatic nitrogens is 2. The Kier molecular flexibility index (Phi) is 4.24. The summed E-state index contributed by atoms with van der Waals surface area (Å²) in [4.78, 5) is 12.4. The Morgan fingerprint density at radius 3 is 2.73 bits per heavy atom. The second-order valence-corrected chi connectivity index (χ2v) is 5.85. The fourth-order valence-electron chi connectivity index (χ4n) is 2.94. The van der Waals surface area contributed by atoms with Crippen molar-refractivity contribution in [2.24, 2.45) is 0 Å². The van der Waals surface area contributed by atoms with Crippen LogP contribution in [0.5, 0.6) is 0 Å². The highest BCUT2D eigenvalue weighted by molar-refractivity contribution is 5.92. The van der Waals surface area contributed by atoms with Crippen LogP contribution in [0.1, 0.15) is 41.9 Å². The summed E-state index contributed by atoms with van der Waals surface area (Å²) in [5, 5.41) is 17.3. The first kappa shape index (κ1) is 14.8. The quantitative estimate of drug-likeness (QED) is 0.913. The number of aliphatic hydroxyl groups excluding tert-OH is 1. The van der Waals surface area contributed by atoms with E-state index in [-0.39, 0.29) is 11.9 Å². The van der Waals surface area contributed by atoms with Crippen LogP contribution in [-0.4, -0.2) is 32.9 Å². The second-order valence-electron chi connectivity index (χ2n) is 5.85. The van der Waals surface area contributed by atoms with Crippen LogP contribution in [0.2, 0.25) is 0 Å². The van der Waals surface area contributed by atoms with Crippen molar-refractivity contribution < 1.29 is 9.90 Å². The van der Waals surface area contributed by atoms with E-state index in [1.807, 2.05) is 37.3 Å². The van der Waals surface area contributed by atoms with Crippen LogP contribution in [-0.2, 0) is 0 Å². The van der Waals surface area contributed by atoms with Gasteiger partial charge in [0.15, 0.2) is 5.69 Å². The molecule has 1 amide bonds. The number of carbonyl (C=O) groups excluding carboxylic acids is 1. The summed E-state index contributed by atoms with van der Waals surface area (Å²) in [5.74, 6) is -0.219. The predicted molar refractivity (Wildman–Crippen MR) is 84.0 cm³/mol. The van der Waals surface area contributed by atoms with Gasteiger partial charge in [-0.25, -0.2) is 4.68 Å². The molecule has 2 atom stereocenters. The van der Waals surface area contributed by atoms with Gasteiger partial charge in [-0.2, -0.15) is 5.10 Å². The van der Waals surface area contributed by atoms with Gasteiger partial charge in [0, 0.05) is 5.69 Å². The van der Waals surface area contributed by atoms with Gasteiger partial charge in [0.1, 0.15) is 0 Å². The largest absolute Gasteiger partial charge is 0.391 e. The zero-order valence-electron chi connectivity index (χ0n) is 12.7. The van der Waals surface area contributed by atoms with Crippen molar-refractivity contribution in [3.63, 3.8) is 0 Å². The summed E-state index contributed by atoms with van der Waals surface area (Å²) in [6, 6.07) is 11.3. The third-order valence-corrected chi connectivity index (χ3v) is 4.17. The Labute approximate surface area is 130 Å². The van der Waals surface area contributed by atoms with Crippen molar-refractivity contribution in [1.29, 1.82) is 0 Å². The maximum absolute atomic E-state index is 12.4. The first-order valence-electron chi connectivity index (χ1n) is 7.76. The molecule has 0 bridgehead atoms. The molecule has 1 aliphatic carbocycles. The van der Waals surface area contributed by atoms with Crippen LogP contribution in [0, 0.1) is 6.92 Å². The fraction of sp³-hybridized carbons (Fsp3) is 0.412. The summed E-state index contributed by atoms with van der Waals surface area (Å²) in [6.07, 6.45) is 3.19. The molecule has 5 nitrogen and oxygen atoms in total. The maximum Gasteiger partial charge on any atom is 0.272 e. The molecule has 2 unspecified atom stereocenters. The molecule has 1 aromatic carbocycles. The smallest absolute Gasteiger partial charge is 0.272 e. The number of nitrogens with zero attached hydrogens (tertiary/aromatic N) is 2. The normalized spacial score (nSPS) is 21.5.